The highest BCUT2D eigenvalue weighted by Gasteiger charge is 2.52. The number of ether oxygens (including phenoxy) is 6. The Kier molecular flexibility index (Phi) is 19.1. The lowest BCUT2D eigenvalue weighted by molar-refractivity contribution is 0.0104. The van der Waals surface area contributed by atoms with Crippen LogP contribution >= 0.6 is 0 Å². The topological polar surface area (TPSA) is 177 Å². The summed E-state index contributed by atoms with van der Waals surface area (Å²) in [6.07, 6.45) is -13.0. The van der Waals surface area contributed by atoms with Crippen molar-refractivity contribution in [1.29, 1.82) is 0 Å². The fourth-order valence-electron chi connectivity index (χ4n) is 19.6. The molecule has 6 aliphatic carbocycles. The summed E-state index contributed by atoms with van der Waals surface area (Å²) in [5, 5.41) is 66.0. The van der Waals surface area contributed by atoms with Gasteiger partial charge in [-0.15, -0.1) is 0 Å². The van der Waals surface area contributed by atoms with E-state index in [2.05, 4.69) is 0 Å². The Morgan fingerprint density at radius 3 is 0.841 bits per heavy atom. The first-order valence-electron chi connectivity index (χ1n) is 75.1. The van der Waals surface area contributed by atoms with E-state index >= 15 is 0 Å². The standard InChI is InChI=1S/6C21H30O2/c6*1-5-6-7-8-15-12-18(22)20-16-11-14(2)9-10-17(16)21(3,4)23-19(20)13-15/h6*11-13,16-17,22H,5-10H2,1-4H3/t6*16-,17-/m111111/s1/i8D2,9D2,10D2,11D,12D,13D,17D;2D3,8D2,10D2,11D,12D,13D,17D;8D2,10D2,11D,12D,13D,17D;2D3,8D2,9D2,12D,13D;8D2,9D2,12D,13D;2D3,8D2,12D,13D. The number of unbranched alkanes of at least 4 members (excludes halogenated alkanes) is 6. The number of allylic oxidation sites excluding steroid dienone is 12. The van der Waals surface area contributed by atoms with Crippen LogP contribution in [-0.2, 0) is 38.2 Å². The number of hydrogen-bond acceptors (Lipinski definition) is 12. The molecule has 12 nitrogen and oxygen atoms in total. The molecule has 6 aliphatic heterocycles. The highest BCUT2D eigenvalue weighted by molar-refractivity contribution is 5.60. The molecule has 0 saturated carbocycles. The summed E-state index contributed by atoms with van der Waals surface area (Å²) < 4.78 is 466. The maximum atomic E-state index is 11.1. The number of rotatable bonds is 24. The molecule has 0 amide bonds. The predicted molar refractivity (Wildman–Crippen MR) is 572 cm³/mol. The maximum Gasteiger partial charge on any atom is 0.127 e. The third-order valence-electron chi connectivity index (χ3n) is 27.2. The molecule has 0 radical (unpaired) electrons. The second-order valence-electron chi connectivity index (χ2n) is 40.6. The first-order chi connectivity index (χ1) is 85.6. The summed E-state index contributed by atoms with van der Waals surface area (Å²) in [6, 6.07) is -6.35. The van der Waals surface area contributed by atoms with E-state index in [-0.39, 0.29) is 219 Å². The van der Waals surface area contributed by atoms with E-state index in [1.807, 2.05) is 69.2 Å². The second kappa shape index (κ2) is 45.7. The molecule has 12 aliphatic rings. The second-order valence-corrected chi connectivity index (χ2v) is 40.6. The molecule has 0 aromatic heterocycles. The van der Waals surface area contributed by atoms with Gasteiger partial charge < -0.3 is 59.1 Å². The van der Waals surface area contributed by atoms with Crippen molar-refractivity contribution in [3.05, 3.63) is 209 Å². The van der Waals surface area contributed by atoms with Gasteiger partial charge in [0.1, 0.15) is 103 Å². The van der Waals surface area contributed by atoms with E-state index in [4.69, 9.17) is 94.2 Å². The highest BCUT2D eigenvalue weighted by Crippen LogP contribution is 2.61. The first kappa shape index (κ1) is 57.6. The lowest BCUT2D eigenvalue weighted by atomic mass is 9.68. The molecular formula is C126H180O12. The molecule has 0 fully saturated rings. The van der Waals surface area contributed by atoms with Gasteiger partial charge in [0.05, 0.1) is 20.6 Å². The largest absolute Gasteiger partial charge is 0.507 e. The maximum absolute atomic E-state index is 11.1. The van der Waals surface area contributed by atoms with Gasteiger partial charge in [0, 0.05) is 154 Å². The molecule has 0 spiro atoms. The SMILES string of the molecule is [2H]C1=C(C([2H])([2H])[2H])CC([2H])([2H])[C@]2([2H])[C@@H]1c1c(O)c([2H])c(C([2H])([2H])CCCC)c([2H])c1OC2(C)C.[2H]C1=C(C)C([2H])([2H])C([2H])([2H])[C@]2([2H])[C@@H]1c1c(O)c([2H])c(C([2H])([2H])CCCC)c([2H])c1OC2(C)C.[2H]C1=C(C)CC([2H])([2H])[C@]2([2H])[C@@H]1c1c(O)c([2H])c(C([2H])([2H])CCCC)c([2H])c1OC2(C)C.[2H]c1c(O)c2c(c([2H])c1C([2H])([2H])CCCC)OC(C)(C)[C@@H]1CC([2H])([2H])C(C([2H])([2H])[2H])=C[C@@H]21.[2H]c1c(O)c2c(c([2H])c1C([2H])([2H])CCCC)OC(C)(C)[C@@H]1CC([2H])([2H])C(C)=C[C@@H]21.[2H]c1c(O)c2c(c([2H])c1C([2H])([2H])CCCC)OC(C)(C)[C@@H]1CCC(C([2H])([2H])[2H])=C[C@@H]21. The van der Waals surface area contributed by atoms with Crippen molar-refractivity contribution >= 4 is 0 Å². The molecule has 6 aromatic rings. The third-order valence-corrected chi connectivity index (χ3v) is 27.2. The lowest BCUT2D eigenvalue weighted by Gasteiger charge is -2.46. The van der Waals surface area contributed by atoms with E-state index < -0.39 is 285 Å². The number of phenolic OH excluding ortho intramolecular Hbond substituents is 6. The molecule has 756 valence electrons. The van der Waals surface area contributed by atoms with Gasteiger partial charge in [-0.25, -0.2) is 0 Å². The Morgan fingerprint density at radius 1 is 0.290 bits per heavy atom. The molecule has 12 atom stereocenters. The van der Waals surface area contributed by atoms with Crippen LogP contribution in [0.25, 0.3) is 0 Å². The molecule has 6 aromatic carbocycles. The first-order valence-corrected chi connectivity index (χ1v) is 49.6. The van der Waals surface area contributed by atoms with Crippen molar-refractivity contribution in [1.82, 2.24) is 0 Å². The van der Waals surface area contributed by atoms with Gasteiger partial charge in [0.2, 0.25) is 0 Å². The molecule has 18 rings (SSSR count). The molecule has 6 heterocycles. The Bertz CT molecular complexity index is 8080. The summed E-state index contributed by atoms with van der Waals surface area (Å²) in [5.41, 5.74) is -9.08. The lowest BCUT2D eigenvalue weighted by Crippen LogP contribution is -2.45. The van der Waals surface area contributed by atoms with Crippen molar-refractivity contribution in [2.75, 3.05) is 0 Å². The van der Waals surface area contributed by atoms with Gasteiger partial charge in [-0.2, -0.15) is 0 Å². The quantitative estimate of drug-likeness (QED) is 0.0317. The smallest absolute Gasteiger partial charge is 0.127 e. The van der Waals surface area contributed by atoms with Gasteiger partial charge in [-0.05, 0) is 384 Å². The van der Waals surface area contributed by atoms with Crippen LogP contribution in [0.15, 0.2) is 142 Å². The predicted octanol–water partition coefficient (Wildman–Crippen LogP) is 34.4. The van der Waals surface area contributed by atoms with Crippen LogP contribution in [-0.4, -0.2) is 64.2 Å². The highest BCUT2D eigenvalue weighted by atomic mass is 16.5. The summed E-state index contributed by atoms with van der Waals surface area (Å²) in [7, 11) is 0. The van der Waals surface area contributed by atoms with Crippen molar-refractivity contribution in [3.63, 3.8) is 0 Å². The summed E-state index contributed by atoms with van der Waals surface area (Å²) >= 11 is 0. The average molecular weight is 1940 g/mol. The van der Waals surface area contributed by atoms with Gasteiger partial charge in [-0.3, -0.25) is 0 Å². The van der Waals surface area contributed by atoms with Crippen LogP contribution in [0.5, 0.6) is 69.0 Å². The Morgan fingerprint density at radius 2 is 0.536 bits per heavy atom. The monoisotopic (exact) mass is 1940 g/mol. The van der Waals surface area contributed by atoms with E-state index in [1.165, 1.54) is 54.5 Å². The van der Waals surface area contributed by atoms with Crippen LogP contribution in [0.4, 0.5) is 0 Å². The Balaban J connectivity index is 0.000000183. The summed E-state index contributed by atoms with van der Waals surface area (Å²) in [5.74, 6) is -18.0. The molecular weight excluding hydrogens is 1710 g/mol. The molecule has 6 N–H and O–H groups in total. The third kappa shape index (κ3) is 25.0. The molecule has 0 unspecified atom stereocenters. The minimum atomic E-state index is -2.87. The minimum Gasteiger partial charge on any atom is -0.507 e. The van der Waals surface area contributed by atoms with E-state index in [0.29, 0.717) is 86.5 Å². The van der Waals surface area contributed by atoms with Crippen LogP contribution in [0.2, 0.25) is 0 Å². The normalized spacial score (nSPS) is 35.4. The fraction of sp³-hybridized carbons (Fsp3) is 0.619. The fourth-order valence-corrected chi connectivity index (χ4v) is 19.6. The van der Waals surface area contributed by atoms with Crippen LogP contribution in [0.3, 0.4) is 0 Å². The molecule has 12 heteroatoms. The van der Waals surface area contributed by atoms with Gasteiger partial charge in [0.15, 0.2) is 0 Å². The van der Waals surface area contributed by atoms with Gasteiger partial charge in [-0.1, -0.05) is 188 Å². The van der Waals surface area contributed by atoms with Crippen molar-refractivity contribution in [3.8, 4) is 69.0 Å². The van der Waals surface area contributed by atoms with Gasteiger partial charge >= 0.3 is 0 Å². The number of aromatic hydroxyl groups is 6. The van der Waals surface area contributed by atoms with Crippen molar-refractivity contribution in [2.24, 2.45) is 35.4 Å². The average Bonchev–Trinajstić information content (AvgIpc) is 0.662. The van der Waals surface area contributed by atoms with Crippen molar-refractivity contribution < 1.29 is 129 Å². The molecule has 0 saturated heterocycles. The van der Waals surface area contributed by atoms with E-state index in [9.17, 15) is 34.8 Å². The zero-order valence-electron chi connectivity index (χ0n) is 136. The summed E-state index contributed by atoms with van der Waals surface area (Å²) in [6.45, 7) is 27.7. The zero-order valence-corrected chi connectivity index (χ0v) is 84.5. The Hall–Kier alpha value is -8.64. The van der Waals surface area contributed by atoms with Crippen LogP contribution in [0.1, 0.15) is 530 Å². The Labute approximate surface area is 905 Å². The van der Waals surface area contributed by atoms with E-state index in [0.717, 1.165) is 25.7 Å². The number of phenols is 6. The molecule has 138 heavy (non-hydrogen) atoms. The van der Waals surface area contributed by atoms with Crippen LogP contribution < -0.4 is 28.4 Å². The minimum absolute atomic E-state index is 0.00989. The number of hydrogen-bond donors (Lipinski definition) is 6. The van der Waals surface area contributed by atoms with Crippen molar-refractivity contribution in [2.45, 2.75) is 466 Å². The molecule has 0 bridgehead atoms. The number of benzene rings is 6. The summed E-state index contributed by atoms with van der Waals surface area (Å²) in [4.78, 5) is 0. The van der Waals surface area contributed by atoms with Crippen LogP contribution in [0, 0.1) is 35.4 Å². The van der Waals surface area contributed by atoms with Gasteiger partial charge in [0.25, 0.3) is 0 Å². The number of fused-ring (bicyclic) bond motifs is 18. The zero-order chi connectivity index (χ0) is 145. The van der Waals surface area contributed by atoms with E-state index in [1.54, 1.807) is 39.8 Å².